The minimum atomic E-state index is 0.106. The molecule has 4 aromatic carbocycles. The van der Waals surface area contributed by atoms with Gasteiger partial charge in [0.15, 0.2) is 0 Å². The lowest BCUT2D eigenvalue weighted by atomic mass is 10.0. The summed E-state index contributed by atoms with van der Waals surface area (Å²) in [5.41, 5.74) is 7.44. The number of rotatable bonds is 4. The van der Waals surface area contributed by atoms with Gasteiger partial charge in [-0.1, -0.05) is 109 Å². The highest BCUT2D eigenvalue weighted by Gasteiger charge is 2.22. The number of hydrogen-bond donors (Lipinski definition) is 3. The Morgan fingerprint density at radius 3 is 1.20 bits per heavy atom. The molecule has 1 aliphatic heterocycles. The summed E-state index contributed by atoms with van der Waals surface area (Å²) in [6, 6.07) is 38.6. The van der Waals surface area contributed by atoms with E-state index in [1.807, 2.05) is 12.1 Å². The highest BCUT2D eigenvalue weighted by atomic mass is 15.3. The van der Waals surface area contributed by atoms with Crippen LogP contribution in [0.4, 0.5) is 0 Å². The lowest BCUT2D eigenvalue weighted by molar-refractivity contribution is 0.267. The minimum Gasteiger partial charge on any atom is -0.285 e. The third-order valence-electron chi connectivity index (χ3n) is 5.65. The smallest absolute Gasteiger partial charge is 0.0859 e. The molecule has 4 aromatic rings. The van der Waals surface area contributed by atoms with E-state index in [1.54, 1.807) is 0 Å². The monoisotopic (exact) mass is 391 g/mol. The number of hydrogen-bond acceptors (Lipinski definition) is 3. The van der Waals surface area contributed by atoms with E-state index < -0.39 is 0 Å². The Labute approximate surface area is 177 Å². The van der Waals surface area contributed by atoms with E-state index in [4.69, 9.17) is 0 Å². The maximum atomic E-state index is 3.68. The Hall–Kier alpha value is -3.24. The maximum Gasteiger partial charge on any atom is 0.0859 e. The number of benzene rings is 4. The SMILES string of the molecule is c1ccc(-c2ccc(C3NCNC(c4ccc(-c5ccccc5)cc4)N3)cc2)cc1. The zero-order valence-corrected chi connectivity index (χ0v) is 16.8. The molecule has 1 aliphatic rings. The quantitative estimate of drug-likeness (QED) is 0.432. The molecule has 3 N–H and O–H groups in total. The molecule has 1 heterocycles. The van der Waals surface area contributed by atoms with Crippen LogP contribution in [-0.2, 0) is 0 Å². The fourth-order valence-corrected chi connectivity index (χ4v) is 3.97. The Bertz CT molecular complexity index is 986. The highest BCUT2D eigenvalue weighted by Crippen LogP contribution is 2.25. The van der Waals surface area contributed by atoms with Crippen LogP contribution in [0.5, 0.6) is 0 Å². The molecule has 3 heteroatoms. The summed E-state index contributed by atoms with van der Waals surface area (Å²) < 4.78 is 0. The van der Waals surface area contributed by atoms with E-state index in [2.05, 4.69) is 113 Å². The van der Waals surface area contributed by atoms with Crippen LogP contribution in [0.15, 0.2) is 109 Å². The predicted molar refractivity (Wildman–Crippen MR) is 124 cm³/mol. The summed E-state index contributed by atoms with van der Waals surface area (Å²) in [5, 5.41) is 10.7. The summed E-state index contributed by atoms with van der Waals surface area (Å²) in [6.07, 6.45) is 0.213. The highest BCUT2D eigenvalue weighted by molar-refractivity contribution is 5.64. The lowest BCUT2D eigenvalue weighted by Gasteiger charge is -2.34. The molecule has 2 atom stereocenters. The molecule has 30 heavy (non-hydrogen) atoms. The van der Waals surface area contributed by atoms with Crippen molar-refractivity contribution in [2.45, 2.75) is 12.3 Å². The van der Waals surface area contributed by atoms with Gasteiger partial charge in [0.1, 0.15) is 0 Å². The first kappa shape index (κ1) is 18.8. The molecule has 0 bridgehead atoms. The summed E-state index contributed by atoms with van der Waals surface area (Å²) in [7, 11) is 0. The van der Waals surface area contributed by atoms with E-state index in [1.165, 1.54) is 33.4 Å². The lowest BCUT2D eigenvalue weighted by Crippen LogP contribution is -2.52. The van der Waals surface area contributed by atoms with Crippen LogP contribution in [0.25, 0.3) is 22.3 Å². The zero-order chi connectivity index (χ0) is 20.2. The van der Waals surface area contributed by atoms with Crippen LogP contribution >= 0.6 is 0 Å². The molecule has 3 nitrogen and oxygen atoms in total. The number of nitrogens with one attached hydrogen (secondary N) is 3. The van der Waals surface area contributed by atoms with Gasteiger partial charge in [-0.15, -0.1) is 0 Å². The van der Waals surface area contributed by atoms with Crippen molar-refractivity contribution in [1.82, 2.24) is 16.0 Å². The second-order valence-corrected chi connectivity index (χ2v) is 7.59. The Morgan fingerprint density at radius 1 is 0.433 bits per heavy atom. The van der Waals surface area contributed by atoms with Gasteiger partial charge in [0.05, 0.1) is 12.3 Å². The molecule has 5 rings (SSSR count). The first-order valence-electron chi connectivity index (χ1n) is 10.4. The molecule has 0 radical (unpaired) electrons. The summed E-state index contributed by atoms with van der Waals surface area (Å²) >= 11 is 0. The third-order valence-corrected chi connectivity index (χ3v) is 5.65. The molecule has 1 saturated heterocycles. The average molecular weight is 392 g/mol. The van der Waals surface area contributed by atoms with Crippen molar-refractivity contribution in [1.29, 1.82) is 0 Å². The van der Waals surface area contributed by atoms with Crippen LogP contribution in [0.3, 0.4) is 0 Å². The molecule has 0 amide bonds. The average Bonchev–Trinajstić information content (AvgIpc) is 2.85. The van der Waals surface area contributed by atoms with E-state index in [0.717, 1.165) is 6.67 Å². The second-order valence-electron chi connectivity index (χ2n) is 7.59. The Balaban J connectivity index is 1.30. The Kier molecular flexibility index (Phi) is 5.40. The molecule has 2 unspecified atom stereocenters. The van der Waals surface area contributed by atoms with E-state index in [-0.39, 0.29) is 12.3 Å². The van der Waals surface area contributed by atoms with Crippen molar-refractivity contribution in [3.05, 3.63) is 120 Å². The van der Waals surface area contributed by atoms with E-state index in [9.17, 15) is 0 Å². The molecular weight excluding hydrogens is 366 g/mol. The van der Waals surface area contributed by atoms with Gasteiger partial charge in [-0.25, -0.2) is 0 Å². The van der Waals surface area contributed by atoms with Gasteiger partial charge in [-0.2, -0.15) is 0 Å². The van der Waals surface area contributed by atoms with Crippen molar-refractivity contribution in [2.24, 2.45) is 0 Å². The van der Waals surface area contributed by atoms with Crippen LogP contribution in [0.2, 0.25) is 0 Å². The van der Waals surface area contributed by atoms with Crippen LogP contribution in [0, 0.1) is 0 Å². The Morgan fingerprint density at radius 2 is 0.800 bits per heavy atom. The standard InChI is InChI=1S/C27H25N3/c1-3-7-20(8-4-1)22-11-15-24(16-12-22)26-28-19-29-27(30-26)25-17-13-23(14-18-25)21-9-5-2-6-10-21/h1-18,26-30H,19H2. The van der Waals surface area contributed by atoms with Crippen molar-refractivity contribution in [3.63, 3.8) is 0 Å². The summed E-state index contributed by atoms with van der Waals surface area (Å²) in [5.74, 6) is 0. The third kappa shape index (κ3) is 4.05. The van der Waals surface area contributed by atoms with Gasteiger partial charge < -0.3 is 0 Å². The molecule has 0 spiro atoms. The molecule has 148 valence electrons. The zero-order valence-electron chi connectivity index (χ0n) is 16.8. The van der Waals surface area contributed by atoms with Gasteiger partial charge in [0, 0.05) is 6.67 Å². The topological polar surface area (TPSA) is 36.1 Å². The molecular formula is C27H25N3. The molecule has 0 aromatic heterocycles. The van der Waals surface area contributed by atoms with Gasteiger partial charge in [0.25, 0.3) is 0 Å². The second kappa shape index (κ2) is 8.64. The summed E-state index contributed by atoms with van der Waals surface area (Å²) in [6.45, 7) is 0.753. The first-order chi connectivity index (χ1) is 14.9. The summed E-state index contributed by atoms with van der Waals surface area (Å²) in [4.78, 5) is 0. The van der Waals surface area contributed by atoms with Gasteiger partial charge >= 0.3 is 0 Å². The molecule has 1 fully saturated rings. The first-order valence-corrected chi connectivity index (χ1v) is 10.4. The fraction of sp³-hybridized carbons (Fsp3) is 0.111. The minimum absolute atomic E-state index is 0.106. The van der Waals surface area contributed by atoms with Gasteiger partial charge in [-0.05, 0) is 33.4 Å². The van der Waals surface area contributed by atoms with Crippen LogP contribution < -0.4 is 16.0 Å². The van der Waals surface area contributed by atoms with Crippen molar-refractivity contribution in [2.75, 3.05) is 6.67 Å². The molecule has 0 aliphatic carbocycles. The normalized spacial score (nSPS) is 18.8. The van der Waals surface area contributed by atoms with Crippen molar-refractivity contribution >= 4 is 0 Å². The fourth-order valence-electron chi connectivity index (χ4n) is 3.97. The van der Waals surface area contributed by atoms with Crippen molar-refractivity contribution < 1.29 is 0 Å². The van der Waals surface area contributed by atoms with Crippen molar-refractivity contribution in [3.8, 4) is 22.3 Å². The van der Waals surface area contributed by atoms with Crippen LogP contribution in [-0.4, -0.2) is 6.67 Å². The predicted octanol–water partition coefficient (Wildman–Crippen LogP) is 5.46. The maximum absolute atomic E-state index is 3.68. The van der Waals surface area contributed by atoms with Gasteiger partial charge in [-0.3, -0.25) is 16.0 Å². The molecule has 0 saturated carbocycles. The van der Waals surface area contributed by atoms with Gasteiger partial charge in [0.2, 0.25) is 0 Å². The van der Waals surface area contributed by atoms with E-state index >= 15 is 0 Å². The van der Waals surface area contributed by atoms with Crippen LogP contribution in [0.1, 0.15) is 23.5 Å². The van der Waals surface area contributed by atoms with E-state index in [0.29, 0.717) is 0 Å². The largest absolute Gasteiger partial charge is 0.285 e.